The van der Waals surface area contributed by atoms with Crippen LogP contribution in [0.4, 0.5) is 0 Å². The molecule has 0 aromatic heterocycles. The quantitative estimate of drug-likeness (QED) is 0.679. The van der Waals surface area contributed by atoms with Crippen molar-refractivity contribution in [1.29, 1.82) is 0 Å². The number of amides is 1. The molecule has 1 saturated heterocycles. The molecule has 0 saturated carbocycles. The summed E-state index contributed by atoms with van der Waals surface area (Å²) in [6, 6.07) is -0.604. The Kier molecular flexibility index (Phi) is 6.95. The molecule has 6 heteroatoms. The number of likely N-dealkylation sites (tertiary alicyclic amines) is 1. The summed E-state index contributed by atoms with van der Waals surface area (Å²) in [5.74, 6) is -0.584. The minimum atomic E-state index is -0.604. The summed E-state index contributed by atoms with van der Waals surface area (Å²) < 4.78 is 4.74. The van der Waals surface area contributed by atoms with Crippen LogP contribution in [0.3, 0.4) is 0 Å². The topological polar surface area (TPSA) is 78.9 Å². The van der Waals surface area contributed by atoms with Gasteiger partial charge in [0.15, 0.2) is 0 Å². The van der Waals surface area contributed by atoms with Gasteiger partial charge < -0.3 is 15.2 Å². The molecule has 0 aromatic carbocycles. The molecule has 1 heterocycles. The van der Waals surface area contributed by atoms with Crippen molar-refractivity contribution >= 4 is 11.9 Å². The highest BCUT2D eigenvalue weighted by molar-refractivity contribution is 5.85. The molecule has 0 spiro atoms. The maximum absolute atomic E-state index is 12.0. The molecule has 6 nitrogen and oxygen atoms in total. The first-order valence-corrected chi connectivity index (χ1v) is 7.25. The normalized spacial score (nSPS) is 22.9. The van der Waals surface area contributed by atoms with Crippen LogP contribution in [0.5, 0.6) is 0 Å². The highest BCUT2D eigenvalue weighted by Gasteiger charge is 2.28. The molecule has 1 fully saturated rings. The van der Waals surface area contributed by atoms with E-state index in [1.165, 1.54) is 7.11 Å². The predicted octanol–water partition coefficient (Wildman–Crippen LogP) is 0.147. The number of β-amino-alcohol motifs (C(OH)–C–C–N with tert-alkyl or cyclic N) is 1. The lowest BCUT2D eigenvalue weighted by Crippen LogP contribution is -2.50. The maximum atomic E-state index is 12.0. The molecule has 2 unspecified atom stereocenters. The van der Waals surface area contributed by atoms with Gasteiger partial charge >= 0.3 is 5.97 Å². The first-order valence-electron chi connectivity index (χ1n) is 7.25. The molecule has 20 heavy (non-hydrogen) atoms. The van der Waals surface area contributed by atoms with Crippen molar-refractivity contribution in [2.45, 2.75) is 45.3 Å². The number of methoxy groups -OCH3 is 1. The predicted molar refractivity (Wildman–Crippen MR) is 75.1 cm³/mol. The molecule has 1 aliphatic heterocycles. The van der Waals surface area contributed by atoms with E-state index in [1.54, 1.807) is 0 Å². The minimum absolute atomic E-state index is 0.0262. The number of hydrogen-bond acceptors (Lipinski definition) is 5. The second-order valence-electron chi connectivity index (χ2n) is 5.49. The number of esters is 1. The van der Waals surface area contributed by atoms with E-state index >= 15 is 0 Å². The monoisotopic (exact) mass is 286 g/mol. The minimum Gasteiger partial charge on any atom is -0.467 e. The highest BCUT2D eigenvalue weighted by Crippen LogP contribution is 2.11. The zero-order valence-corrected chi connectivity index (χ0v) is 12.6. The number of ether oxygens (including phenoxy) is 1. The Bertz CT molecular complexity index is 335. The van der Waals surface area contributed by atoms with E-state index in [2.05, 4.69) is 5.32 Å². The largest absolute Gasteiger partial charge is 0.467 e. The third-order valence-corrected chi connectivity index (χ3v) is 3.83. The zero-order chi connectivity index (χ0) is 15.1. The maximum Gasteiger partial charge on any atom is 0.328 e. The van der Waals surface area contributed by atoms with E-state index in [1.807, 2.05) is 18.7 Å². The number of carbonyl (C=O) groups is 2. The molecular formula is C14H26N2O4. The fraction of sp³-hybridized carbons (Fsp3) is 0.857. The molecule has 1 aliphatic rings. The molecule has 0 aliphatic carbocycles. The Hall–Kier alpha value is -1.14. The van der Waals surface area contributed by atoms with Crippen molar-refractivity contribution in [3.05, 3.63) is 0 Å². The summed E-state index contributed by atoms with van der Waals surface area (Å²) in [5.41, 5.74) is 0. The van der Waals surface area contributed by atoms with Crippen molar-refractivity contribution in [3.63, 3.8) is 0 Å². The fourth-order valence-corrected chi connectivity index (χ4v) is 2.39. The van der Waals surface area contributed by atoms with E-state index in [-0.39, 0.29) is 24.5 Å². The SMILES string of the molecule is CCC(C)C(NC(=O)CN1CCC[C@H](O)C1)C(=O)OC. The number of rotatable bonds is 6. The Labute approximate surface area is 120 Å². The number of carbonyl (C=O) groups excluding carboxylic acids is 2. The Morgan fingerprint density at radius 2 is 2.20 bits per heavy atom. The van der Waals surface area contributed by atoms with Gasteiger partial charge in [-0.3, -0.25) is 9.69 Å². The Balaban J connectivity index is 2.50. The average molecular weight is 286 g/mol. The van der Waals surface area contributed by atoms with Crippen molar-refractivity contribution in [1.82, 2.24) is 10.2 Å². The lowest BCUT2D eigenvalue weighted by atomic mass is 9.99. The average Bonchev–Trinajstić information content (AvgIpc) is 2.43. The van der Waals surface area contributed by atoms with Crippen LogP contribution in [0, 0.1) is 5.92 Å². The summed E-state index contributed by atoms with van der Waals surface area (Å²) >= 11 is 0. The third-order valence-electron chi connectivity index (χ3n) is 3.83. The van der Waals surface area contributed by atoms with Gasteiger partial charge in [0, 0.05) is 6.54 Å². The smallest absolute Gasteiger partial charge is 0.328 e. The van der Waals surface area contributed by atoms with E-state index in [0.717, 1.165) is 25.8 Å². The van der Waals surface area contributed by atoms with Crippen LogP contribution in [-0.2, 0) is 14.3 Å². The van der Waals surface area contributed by atoms with E-state index < -0.39 is 12.0 Å². The van der Waals surface area contributed by atoms with Crippen molar-refractivity contribution < 1.29 is 19.4 Å². The van der Waals surface area contributed by atoms with Gasteiger partial charge in [-0.05, 0) is 25.3 Å². The first-order chi connectivity index (χ1) is 9.47. The van der Waals surface area contributed by atoms with Gasteiger partial charge in [0.05, 0.1) is 19.8 Å². The number of piperidine rings is 1. The lowest BCUT2D eigenvalue weighted by Gasteiger charge is -2.30. The molecule has 2 N–H and O–H groups in total. The highest BCUT2D eigenvalue weighted by atomic mass is 16.5. The van der Waals surface area contributed by atoms with Gasteiger partial charge in [-0.1, -0.05) is 20.3 Å². The summed E-state index contributed by atoms with van der Waals surface area (Å²) in [6.45, 7) is 5.40. The van der Waals surface area contributed by atoms with Crippen LogP contribution in [-0.4, -0.2) is 60.8 Å². The van der Waals surface area contributed by atoms with Crippen LogP contribution in [0.2, 0.25) is 0 Å². The summed E-state index contributed by atoms with van der Waals surface area (Å²) in [5, 5.41) is 12.3. The number of hydrogen-bond donors (Lipinski definition) is 2. The van der Waals surface area contributed by atoms with Crippen LogP contribution >= 0.6 is 0 Å². The fourth-order valence-electron chi connectivity index (χ4n) is 2.39. The van der Waals surface area contributed by atoms with Crippen LogP contribution in [0.15, 0.2) is 0 Å². The van der Waals surface area contributed by atoms with E-state index in [0.29, 0.717) is 6.54 Å². The van der Waals surface area contributed by atoms with Gasteiger partial charge in [0.2, 0.25) is 5.91 Å². The second kappa shape index (κ2) is 8.21. The Morgan fingerprint density at radius 3 is 2.75 bits per heavy atom. The summed E-state index contributed by atoms with van der Waals surface area (Å²) in [4.78, 5) is 25.6. The molecule has 3 atom stereocenters. The van der Waals surface area contributed by atoms with Gasteiger partial charge in [-0.25, -0.2) is 4.79 Å². The van der Waals surface area contributed by atoms with E-state index in [9.17, 15) is 14.7 Å². The van der Waals surface area contributed by atoms with Crippen molar-refractivity contribution in [2.75, 3.05) is 26.7 Å². The number of nitrogens with one attached hydrogen (secondary N) is 1. The molecule has 0 bridgehead atoms. The summed E-state index contributed by atoms with van der Waals surface area (Å²) in [6.07, 6.45) is 2.10. The molecule has 0 aromatic rings. The zero-order valence-electron chi connectivity index (χ0n) is 12.6. The molecule has 0 radical (unpaired) electrons. The first kappa shape index (κ1) is 16.9. The van der Waals surface area contributed by atoms with Crippen molar-refractivity contribution in [3.8, 4) is 0 Å². The number of aliphatic hydroxyl groups is 1. The van der Waals surface area contributed by atoms with Crippen LogP contribution in [0.1, 0.15) is 33.1 Å². The standard InChI is InChI=1S/C14H26N2O4/c1-4-10(2)13(14(19)20-3)15-12(18)9-16-7-5-6-11(17)8-16/h10-11,13,17H,4-9H2,1-3H3,(H,15,18)/t10?,11-,13?/m0/s1. The molecule has 1 amide bonds. The number of nitrogens with zero attached hydrogens (tertiary/aromatic N) is 1. The van der Waals surface area contributed by atoms with Gasteiger partial charge in [-0.15, -0.1) is 0 Å². The van der Waals surface area contributed by atoms with Crippen LogP contribution in [0.25, 0.3) is 0 Å². The molecular weight excluding hydrogens is 260 g/mol. The summed E-state index contributed by atoms with van der Waals surface area (Å²) in [7, 11) is 1.32. The molecule has 1 rings (SSSR count). The molecule has 116 valence electrons. The second-order valence-corrected chi connectivity index (χ2v) is 5.49. The van der Waals surface area contributed by atoms with E-state index in [4.69, 9.17) is 4.74 Å². The number of aliphatic hydroxyl groups excluding tert-OH is 1. The van der Waals surface area contributed by atoms with Gasteiger partial charge in [0.25, 0.3) is 0 Å². The lowest BCUT2D eigenvalue weighted by molar-refractivity contribution is -0.146. The third kappa shape index (κ3) is 5.09. The Morgan fingerprint density at radius 1 is 1.50 bits per heavy atom. The van der Waals surface area contributed by atoms with Gasteiger partial charge in [-0.2, -0.15) is 0 Å². The van der Waals surface area contributed by atoms with Gasteiger partial charge in [0.1, 0.15) is 6.04 Å². The van der Waals surface area contributed by atoms with Crippen molar-refractivity contribution in [2.24, 2.45) is 5.92 Å². The van der Waals surface area contributed by atoms with Crippen LogP contribution < -0.4 is 5.32 Å².